The predicted molar refractivity (Wildman–Crippen MR) is 283 cm³/mol. The molecule has 4 N–H and O–H groups in total. The maximum Gasteiger partial charge on any atom is 0.355 e. The number of thiazole rings is 2. The molecule has 0 spiro atoms. The van der Waals surface area contributed by atoms with Crippen molar-refractivity contribution in [3.05, 3.63) is 153 Å². The van der Waals surface area contributed by atoms with E-state index < -0.39 is 5.97 Å². The minimum absolute atomic E-state index is 0.119. The van der Waals surface area contributed by atoms with E-state index in [9.17, 15) is 9.59 Å². The maximum atomic E-state index is 13.0. The summed E-state index contributed by atoms with van der Waals surface area (Å²) < 4.78 is 21.7. The first-order chi connectivity index (χ1) is 34.8. The van der Waals surface area contributed by atoms with Crippen molar-refractivity contribution in [1.29, 1.82) is 0 Å². The highest BCUT2D eigenvalue weighted by Crippen LogP contribution is 2.36. The smallest absolute Gasteiger partial charge is 0.355 e. The average molecular weight is 1030 g/mol. The van der Waals surface area contributed by atoms with Crippen LogP contribution in [-0.2, 0) is 13.1 Å². The van der Waals surface area contributed by atoms with Crippen LogP contribution in [0.15, 0.2) is 131 Å². The van der Waals surface area contributed by atoms with Crippen molar-refractivity contribution in [2.75, 3.05) is 86.8 Å². The quantitative estimate of drug-likeness (QED) is 0.105. The summed E-state index contributed by atoms with van der Waals surface area (Å²) in [4.78, 5) is 43.7. The molecule has 0 saturated carbocycles. The number of piperazine rings is 2. The molecule has 4 aliphatic heterocycles. The molecule has 1 amide bonds. The molecule has 12 rings (SSSR count). The number of anilines is 4. The van der Waals surface area contributed by atoms with Crippen molar-refractivity contribution in [1.82, 2.24) is 19.8 Å². The van der Waals surface area contributed by atoms with Crippen molar-refractivity contribution in [3.63, 3.8) is 0 Å². The van der Waals surface area contributed by atoms with E-state index in [0.717, 1.165) is 131 Å². The molecule has 4 aromatic carbocycles. The van der Waals surface area contributed by atoms with Crippen LogP contribution >= 0.6 is 45.3 Å². The fraction of sp³-hybridized carbons (Fsp3) is 0.231. The number of aromatic carboxylic acids is 1. The number of hydrogen-bond acceptors (Lipinski definition) is 17. The van der Waals surface area contributed by atoms with Gasteiger partial charge >= 0.3 is 5.97 Å². The summed E-state index contributed by atoms with van der Waals surface area (Å²) in [5.41, 5.74) is 13.0. The number of thiophene rings is 2. The molecule has 0 bridgehead atoms. The number of benzene rings is 4. The van der Waals surface area contributed by atoms with Crippen LogP contribution in [0.3, 0.4) is 0 Å². The summed E-state index contributed by atoms with van der Waals surface area (Å²) in [5.74, 6) is 2.19. The van der Waals surface area contributed by atoms with Gasteiger partial charge in [0.05, 0.1) is 32.5 Å². The van der Waals surface area contributed by atoms with E-state index in [2.05, 4.69) is 71.3 Å². The first kappa shape index (κ1) is 47.7. The summed E-state index contributed by atoms with van der Waals surface area (Å²) >= 11 is 6.03. The molecule has 0 aliphatic carbocycles. The molecule has 71 heavy (non-hydrogen) atoms. The van der Waals surface area contributed by atoms with Crippen LogP contribution < -0.4 is 39.8 Å². The van der Waals surface area contributed by atoms with E-state index in [1.54, 1.807) is 28.1 Å². The van der Waals surface area contributed by atoms with Crippen LogP contribution in [0.1, 0.15) is 32.1 Å². The number of para-hydroxylation sites is 4. The minimum atomic E-state index is -0.973. The number of carboxylic acids is 1. The van der Waals surface area contributed by atoms with Crippen molar-refractivity contribution in [2.45, 2.75) is 13.1 Å². The van der Waals surface area contributed by atoms with E-state index in [0.29, 0.717) is 19.3 Å². The van der Waals surface area contributed by atoms with Gasteiger partial charge in [-0.25, -0.2) is 14.8 Å². The van der Waals surface area contributed by atoms with Gasteiger partial charge in [0.15, 0.2) is 28.7 Å². The van der Waals surface area contributed by atoms with Crippen molar-refractivity contribution in [2.24, 2.45) is 0 Å². The monoisotopic (exact) mass is 1030 g/mol. The number of amides is 1. The number of nitrogens with one attached hydrogen (secondary N) is 1. The Balaban J connectivity index is 0.000000138. The largest absolute Gasteiger partial charge is 0.476 e. The zero-order chi connectivity index (χ0) is 48.5. The Labute approximate surface area is 426 Å². The Hall–Kier alpha value is -7.00. The number of carboxylic acid groups (broad SMARTS) is 1. The normalized spacial score (nSPS) is 15.1. The standard InChI is InChI=1S/C26H24N4O3S2.C18H21N3O2.C8H5NO2S2/c31-25(20-16-35-26(28-20)24-6-3-13-34-24)27-19-4-1-2-5-21(19)30-11-9-29(10-12-30)15-18-7-8-22-23(14-18)33-17-32-22;19-15-3-1-2-4-16(15)21-9-7-20(8-10-21)12-14-5-6-17-18(11-14)23-13-22-17;10-8(11)5-4-13-7(9-5)6-2-1-3-12-6/h1-8,13-14,16H,9-12,15,17H2,(H,27,31);1-6,11H,7-10,12-13,19H2;1-4H,(H,10,11). The number of rotatable bonds is 11. The van der Waals surface area contributed by atoms with Gasteiger partial charge in [-0.3, -0.25) is 14.6 Å². The van der Waals surface area contributed by atoms with E-state index in [1.165, 1.54) is 33.8 Å². The summed E-state index contributed by atoms with van der Waals surface area (Å²) in [6.45, 7) is 10.1. The number of carbonyl (C=O) groups excluding carboxylic acids is 1. The molecule has 0 unspecified atom stereocenters. The molecule has 0 radical (unpaired) electrons. The second kappa shape index (κ2) is 22.4. The third-order valence-corrected chi connectivity index (χ3v) is 15.9. The molecule has 19 heteroatoms. The molecule has 2 saturated heterocycles. The van der Waals surface area contributed by atoms with Gasteiger partial charge < -0.3 is 44.9 Å². The SMILES string of the molecule is Nc1ccccc1N1CCN(Cc2ccc3c(c2)OCO3)CC1.O=C(Nc1ccccc1N1CCN(Cc2ccc3c(c2)OCO3)CC1)c1csc(-c2cccs2)n1.O=C(O)c1csc(-c2cccs2)n1. The fourth-order valence-corrected chi connectivity index (χ4v) is 11.7. The third-order valence-electron chi connectivity index (χ3n) is 12.1. The number of nitrogen functional groups attached to an aromatic ring is 1. The number of hydrogen-bond donors (Lipinski definition) is 3. The molecule has 8 aromatic rings. The lowest BCUT2D eigenvalue weighted by Gasteiger charge is -2.37. The van der Waals surface area contributed by atoms with Gasteiger partial charge in [-0.2, -0.15) is 0 Å². The van der Waals surface area contributed by atoms with Gasteiger partial charge in [0.25, 0.3) is 5.91 Å². The lowest BCUT2D eigenvalue weighted by Crippen LogP contribution is -2.46. The van der Waals surface area contributed by atoms with Crippen LogP contribution in [-0.4, -0.2) is 103 Å². The summed E-state index contributed by atoms with van der Waals surface area (Å²) in [6.07, 6.45) is 0. The zero-order valence-corrected chi connectivity index (χ0v) is 41.7. The predicted octanol–water partition coefficient (Wildman–Crippen LogP) is 10.1. The Morgan fingerprint density at radius 2 is 1.06 bits per heavy atom. The zero-order valence-electron chi connectivity index (χ0n) is 38.5. The third kappa shape index (κ3) is 11.8. The van der Waals surface area contributed by atoms with Crippen LogP contribution in [0.25, 0.3) is 19.8 Å². The summed E-state index contributed by atoms with van der Waals surface area (Å²) in [6, 6.07) is 36.3. The Morgan fingerprint density at radius 1 is 0.563 bits per heavy atom. The minimum Gasteiger partial charge on any atom is -0.476 e. The number of fused-ring (bicyclic) bond motifs is 2. The Morgan fingerprint density at radius 3 is 1.58 bits per heavy atom. The summed E-state index contributed by atoms with van der Waals surface area (Å²) in [7, 11) is 0. The fourth-order valence-electron chi connectivity index (χ4n) is 8.48. The van der Waals surface area contributed by atoms with E-state index in [-0.39, 0.29) is 11.6 Å². The molecular formula is C52H50N8O7S4. The van der Waals surface area contributed by atoms with Gasteiger partial charge in [-0.15, -0.1) is 45.3 Å². The lowest BCUT2D eigenvalue weighted by molar-refractivity contribution is 0.0691. The second-order valence-electron chi connectivity index (χ2n) is 16.8. The Bertz CT molecular complexity index is 3060. The van der Waals surface area contributed by atoms with Crippen LogP contribution in [0.5, 0.6) is 23.0 Å². The lowest BCUT2D eigenvalue weighted by atomic mass is 10.1. The topological polar surface area (TPSA) is 168 Å². The molecule has 4 aromatic heterocycles. The number of nitrogens with two attached hydrogens (primary N) is 1. The van der Waals surface area contributed by atoms with Crippen molar-refractivity contribution in [3.8, 4) is 42.8 Å². The van der Waals surface area contributed by atoms with E-state index in [1.807, 2.05) is 88.9 Å². The van der Waals surface area contributed by atoms with Crippen LogP contribution in [0, 0.1) is 0 Å². The van der Waals surface area contributed by atoms with Crippen LogP contribution in [0.4, 0.5) is 22.7 Å². The van der Waals surface area contributed by atoms with Gasteiger partial charge in [0, 0.05) is 76.2 Å². The molecule has 4 aliphatic rings. The molecule has 2 fully saturated rings. The van der Waals surface area contributed by atoms with Gasteiger partial charge in [-0.1, -0.05) is 48.5 Å². The highest BCUT2D eigenvalue weighted by molar-refractivity contribution is 7.20. The highest BCUT2D eigenvalue weighted by Gasteiger charge is 2.24. The summed E-state index contributed by atoms with van der Waals surface area (Å²) in [5, 5.41) is 20.7. The first-order valence-corrected chi connectivity index (χ1v) is 26.5. The van der Waals surface area contributed by atoms with E-state index >= 15 is 0 Å². The molecule has 0 atom stereocenters. The molecular weight excluding hydrogens is 977 g/mol. The average Bonchev–Trinajstić information content (AvgIpc) is 4.26. The first-order valence-electron chi connectivity index (χ1n) is 23.0. The molecule has 364 valence electrons. The van der Waals surface area contributed by atoms with Gasteiger partial charge in [0.1, 0.15) is 15.7 Å². The van der Waals surface area contributed by atoms with Gasteiger partial charge in [-0.05, 0) is 82.6 Å². The van der Waals surface area contributed by atoms with Crippen molar-refractivity contribution >= 4 is 80.0 Å². The Kier molecular flexibility index (Phi) is 15.0. The second-order valence-corrected chi connectivity index (χ2v) is 20.4. The number of nitrogens with zero attached hydrogens (tertiary/aromatic N) is 6. The maximum absolute atomic E-state index is 13.0. The number of ether oxygens (including phenoxy) is 4. The van der Waals surface area contributed by atoms with Crippen molar-refractivity contribution < 1.29 is 33.6 Å². The highest BCUT2D eigenvalue weighted by atomic mass is 32.1. The van der Waals surface area contributed by atoms with Gasteiger partial charge in [0.2, 0.25) is 13.6 Å². The van der Waals surface area contributed by atoms with E-state index in [4.69, 9.17) is 29.8 Å². The van der Waals surface area contributed by atoms with Crippen LogP contribution in [0.2, 0.25) is 0 Å². The number of carbonyl (C=O) groups is 2. The number of aromatic nitrogens is 2. The molecule has 8 heterocycles. The molecule has 15 nitrogen and oxygen atoms in total.